The third kappa shape index (κ3) is 3.85. The predicted molar refractivity (Wildman–Crippen MR) is 97.7 cm³/mol. The smallest absolute Gasteiger partial charge is 0.268 e. The molecule has 3 rings (SSSR count). The van der Waals surface area contributed by atoms with E-state index in [1.165, 1.54) is 42.5 Å². The lowest BCUT2D eigenvalue weighted by molar-refractivity contribution is -0.385. The highest BCUT2D eigenvalue weighted by molar-refractivity contribution is 8.18. The van der Waals surface area contributed by atoms with Gasteiger partial charge in [-0.05, 0) is 29.5 Å². The molecule has 0 radical (unpaired) electrons. The summed E-state index contributed by atoms with van der Waals surface area (Å²) in [5.74, 6) is -0.602. The minimum Gasteiger partial charge on any atom is -0.268 e. The molecule has 2 aromatic rings. The van der Waals surface area contributed by atoms with Crippen LogP contribution in [0.5, 0.6) is 0 Å². The van der Waals surface area contributed by atoms with Crippen molar-refractivity contribution < 1.29 is 19.4 Å². The van der Waals surface area contributed by atoms with E-state index in [-0.39, 0.29) is 28.4 Å². The molecule has 0 atom stereocenters. The Morgan fingerprint density at radius 3 is 2.44 bits per heavy atom. The van der Waals surface area contributed by atoms with Gasteiger partial charge in [-0.1, -0.05) is 24.3 Å². The van der Waals surface area contributed by atoms with Crippen LogP contribution in [0.2, 0.25) is 0 Å². The lowest BCUT2D eigenvalue weighted by atomic mass is 10.1. The molecule has 0 saturated carbocycles. The molecule has 0 spiro atoms. The first kappa shape index (κ1) is 18.3. The van der Waals surface area contributed by atoms with E-state index in [1.54, 1.807) is 12.1 Å². The first-order valence-electron chi connectivity index (χ1n) is 7.59. The van der Waals surface area contributed by atoms with Gasteiger partial charge in [0.25, 0.3) is 22.5 Å². The fraction of sp³-hybridized carbons (Fsp3) is 0.0588. The molecule has 0 N–H and O–H groups in total. The largest absolute Gasteiger partial charge is 0.293 e. The van der Waals surface area contributed by atoms with Gasteiger partial charge in [0.15, 0.2) is 0 Å². The van der Waals surface area contributed by atoms with E-state index in [9.17, 15) is 29.8 Å². The van der Waals surface area contributed by atoms with Gasteiger partial charge >= 0.3 is 0 Å². The van der Waals surface area contributed by atoms with E-state index in [1.807, 2.05) is 0 Å². The van der Waals surface area contributed by atoms with Gasteiger partial charge in [0.1, 0.15) is 0 Å². The molecular formula is C17H11N3O6S. The van der Waals surface area contributed by atoms with Gasteiger partial charge in [-0.25, -0.2) is 0 Å². The van der Waals surface area contributed by atoms with Gasteiger partial charge in [-0.3, -0.25) is 34.7 Å². The average Bonchev–Trinajstić information content (AvgIpc) is 2.89. The van der Waals surface area contributed by atoms with Crippen LogP contribution in [0.1, 0.15) is 11.1 Å². The number of nitro benzene ring substituents is 2. The Kier molecular flexibility index (Phi) is 4.99. The minimum absolute atomic E-state index is 0.0553. The van der Waals surface area contributed by atoms with Crippen molar-refractivity contribution in [1.82, 2.24) is 4.90 Å². The van der Waals surface area contributed by atoms with E-state index in [0.29, 0.717) is 17.3 Å². The molecule has 1 fully saturated rings. The van der Waals surface area contributed by atoms with Crippen molar-refractivity contribution >= 4 is 40.4 Å². The number of non-ortho nitro benzene ring substituents is 1. The van der Waals surface area contributed by atoms with Gasteiger partial charge in [-0.15, -0.1) is 0 Å². The quantitative estimate of drug-likeness (QED) is 0.436. The van der Waals surface area contributed by atoms with E-state index in [4.69, 9.17) is 0 Å². The van der Waals surface area contributed by atoms with Crippen LogP contribution in [0, 0.1) is 20.2 Å². The number of nitro groups is 2. The summed E-state index contributed by atoms with van der Waals surface area (Å²) < 4.78 is 0. The highest BCUT2D eigenvalue weighted by Gasteiger charge is 2.35. The number of imide groups is 1. The number of amides is 2. The summed E-state index contributed by atoms with van der Waals surface area (Å²) in [6.07, 6.45) is 1.30. The standard InChI is InChI=1S/C17H11N3O6S/c21-16-15(9-12-5-1-2-7-14(12)20(25)26)27-17(22)18(16)10-11-4-3-6-13(8-11)19(23)24/h1-9H,10H2. The zero-order valence-electron chi connectivity index (χ0n) is 13.6. The number of hydrogen-bond donors (Lipinski definition) is 0. The maximum absolute atomic E-state index is 12.5. The molecule has 0 unspecified atom stereocenters. The summed E-state index contributed by atoms with van der Waals surface area (Å²) in [5.41, 5.74) is 0.319. The molecule has 1 aliphatic heterocycles. The summed E-state index contributed by atoms with van der Waals surface area (Å²) in [6, 6.07) is 11.5. The van der Waals surface area contributed by atoms with E-state index < -0.39 is 21.0 Å². The normalized spacial score (nSPS) is 15.4. The molecule has 10 heteroatoms. The zero-order chi connectivity index (χ0) is 19.6. The number of rotatable bonds is 5. The second-order valence-corrected chi connectivity index (χ2v) is 6.50. The molecular weight excluding hydrogens is 374 g/mol. The third-order valence-corrected chi connectivity index (χ3v) is 4.66. The number of carbonyl (C=O) groups excluding carboxylic acids is 2. The van der Waals surface area contributed by atoms with Crippen LogP contribution in [-0.4, -0.2) is 25.9 Å². The fourth-order valence-electron chi connectivity index (χ4n) is 2.50. The maximum atomic E-state index is 12.5. The molecule has 136 valence electrons. The van der Waals surface area contributed by atoms with Gasteiger partial charge < -0.3 is 0 Å². The highest BCUT2D eigenvalue weighted by Crippen LogP contribution is 2.35. The SMILES string of the molecule is O=C1SC(=Cc2ccccc2[N+](=O)[O-])C(=O)N1Cc1cccc([N+](=O)[O-])c1. The molecule has 1 saturated heterocycles. The van der Waals surface area contributed by atoms with Gasteiger partial charge in [-0.2, -0.15) is 0 Å². The third-order valence-electron chi connectivity index (χ3n) is 3.76. The van der Waals surface area contributed by atoms with E-state index in [2.05, 4.69) is 0 Å². The number of para-hydroxylation sites is 1. The highest BCUT2D eigenvalue weighted by atomic mass is 32.2. The molecule has 0 bridgehead atoms. The molecule has 2 aromatic carbocycles. The van der Waals surface area contributed by atoms with Crippen molar-refractivity contribution in [2.75, 3.05) is 0 Å². The summed E-state index contributed by atoms with van der Waals surface area (Å²) in [4.78, 5) is 46.5. The van der Waals surface area contributed by atoms with Gasteiger partial charge in [0.2, 0.25) is 0 Å². The van der Waals surface area contributed by atoms with Crippen molar-refractivity contribution in [2.24, 2.45) is 0 Å². The molecule has 9 nitrogen and oxygen atoms in total. The predicted octanol–water partition coefficient (Wildman–Crippen LogP) is 3.74. The lowest BCUT2D eigenvalue weighted by Crippen LogP contribution is -2.27. The second kappa shape index (κ2) is 7.38. The second-order valence-electron chi connectivity index (χ2n) is 5.51. The Bertz CT molecular complexity index is 1000. The van der Waals surface area contributed by atoms with Crippen molar-refractivity contribution in [3.8, 4) is 0 Å². The lowest BCUT2D eigenvalue weighted by Gasteiger charge is -2.12. The van der Waals surface area contributed by atoms with Crippen LogP contribution in [0.15, 0.2) is 53.4 Å². The maximum Gasteiger partial charge on any atom is 0.293 e. The summed E-state index contributed by atoms with van der Waals surface area (Å²) >= 11 is 0.669. The Balaban J connectivity index is 1.87. The van der Waals surface area contributed by atoms with Crippen molar-refractivity contribution in [3.05, 3.63) is 84.8 Å². The molecule has 0 aliphatic carbocycles. The Labute approximate surface area is 156 Å². The fourth-order valence-corrected chi connectivity index (χ4v) is 3.33. The molecule has 1 aliphatic rings. The first-order valence-corrected chi connectivity index (χ1v) is 8.40. The van der Waals surface area contributed by atoms with Crippen LogP contribution in [0.3, 0.4) is 0 Å². The van der Waals surface area contributed by atoms with Crippen molar-refractivity contribution in [2.45, 2.75) is 6.54 Å². The first-order chi connectivity index (χ1) is 12.9. The van der Waals surface area contributed by atoms with Crippen LogP contribution in [-0.2, 0) is 11.3 Å². The van der Waals surface area contributed by atoms with Crippen LogP contribution in [0.4, 0.5) is 16.2 Å². The molecule has 0 aromatic heterocycles. The van der Waals surface area contributed by atoms with Gasteiger partial charge in [0, 0.05) is 18.2 Å². The summed E-state index contributed by atoms with van der Waals surface area (Å²) in [6.45, 7) is -0.124. The van der Waals surface area contributed by atoms with Crippen molar-refractivity contribution in [1.29, 1.82) is 0 Å². The number of hydrogen-bond acceptors (Lipinski definition) is 7. The Morgan fingerprint density at radius 1 is 1.00 bits per heavy atom. The van der Waals surface area contributed by atoms with Crippen LogP contribution >= 0.6 is 11.8 Å². The molecule has 27 heavy (non-hydrogen) atoms. The summed E-state index contributed by atoms with van der Waals surface area (Å²) in [5, 5.41) is 21.4. The van der Waals surface area contributed by atoms with E-state index >= 15 is 0 Å². The minimum atomic E-state index is -0.602. The Morgan fingerprint density at radius 2 is 1.74 bits per heavy atom. The van der Waals surface area contributed by atoms with E-state index in [0.717, 1.165) is 4.90 Å². The number of thioether (sulfide) groups is 1. The topological polar surface area (TPSA) is 124 Å². The number of nitrogens with zero attached hydrogens (tertiary/aromatic N) is 3. The monoisotopic (exact) mass is 385 g/mol. The average molecular weight is 385 g/mol. The number of benzene rings is 2. The van der Waals surface area contributed by atoms with Crippen LogP contribution < -0.4 is 0 Å². The molecule has 2 amide bonds. The Hall–Kier alpha value is -3.53. The number of carbonyl (C=O) groups is 2. The summed E-state index contributed by atoms with van der Waals surface area (Å²) in [7, 11) is 0. The van der Waals surface area contributed by atoms with Crippen molar-refractivity contribution in [3.63, 3.8) is 0 Å². The zero-order valence-corrected chi connectivity index (χ0v) is 14.4. The molecule has 1 heterocycles. The van der Waals surface area contributed by atoms with Crippen LogP contribution in [0.25, 0.3) is 6.08 Å². The van der Waals surface area contributed by atoms with Gasteiger partial charge in [0.05, 0.1) is 26.9 Å².